The van der Waals surface area contributed by atoms with Crippen molar-refractivity contribution in [3.05, 3.63) is 57.8 Å². The van der Waals surface area contributed by atoms with E-state index in [9.17, 15) is 14.7 Å². The van der Waals surface area contributed by atoms with E-state index in [0.717, 1.165) is 0 Å². The third-order valence-corrected chi connectivity index (χ3v) is 3.64. The van der Waals surface area contributed by atoms with Gasteiger partial charge in [-0.2, -0.15) is 0 Å². The molecule has 0 amide bonds. The zero-order chi connectivity index (χ0) is 13.1. The SMILES string of the molecule is CC(C(=O)[O-])c1ccc(C(=O)c2cccs2)cc1.[Na+]. The molecular formula is C14H11NaO3S. The molecule has 0 saturated carbocycles. The molecule has 1 unspecified atom stereocenters. The minimum absolute atomic E-state index is 0. The second-order valence-corrected chi connectivity index (χ2v) is 4.92. The minimum atomic E-state index is -1.12. The van der Waals surface area contributed by atoms with Gasteiger partial charge in [0, 0.05) is 17.5 Å². The van der Waals surface area contributed by atoms with Gasteiger partial charge < -0.3 is 9.90 Å². The van der Waals surface area contributed by atoms with E-state index in [4.69, 9.17) is 0 Å². The Labute approximate surface area is 137 Å². The number of thiophene rings is 1. The van der Waals surface area contributed by atoms with Crippen molar-refractivity contribution in [1.29, 1.82) is 0 Å². The number of carboxylic acid groups (broad SMARTS) is 1. The number of benzene rings is 1. The van der Waals surface area contributed by atoms with Crippen molar-refractivity contribution in [2.24, 2.45) is 0 Å². The third-order valence-electron chi connectivity index (χ3n) is 2.77. The smallest absolute Gasteiger partial charge is 0.550 e. The molecule has 3 nitrogen and oxygen atoms in total. The molecule has 1 aromatic heterocycles. The number of ketones is 1. The largest absolute Gasteiger partial charge is 1.00 e. The molecule has 92 valence electrons. The first kappa shape index (κ1) is 16.1. The molecule has 0 spiro atoms. The zero-order valence-corrected chi connectivity index (χ0v) is 13.6. The summed E-state index contributed by atoms with van der Waals surface area (Å²) in [6.07, 6.45) is 0. The second kappa shape index (κ2) is 7.01. The van der Waals surface area contributed by atoms with Crippen molar-refractivity contribution >= 4 is 23.1 Å². The molecule has 1 aromatic carbocycles. The van der Waals surface area contributed by atoms with Crippen LogP contribution in [0.5, 0.6) is 0 Å². The van der Waals surface area contributed by atoms with E-state index in [1.54, 1.807) is 37.3 Å². The van der Waals surface area contributed by atoms with Gasteiger partial charge in [0.25, 0.3) is 0 Å². The molecule has 5 heteroatoms. The average molecular weight is 282 g/mol. The third kappa shape index (κ3) is 3.76. The summed E-state index contributed by atoms with van der Waals surface area (Å²) in [5, 5.41) is 12.6. The fourth-order valence-corrected chi connectivity index (χ4v) is 2.30. The molecule has 0 radical (unpaired) electrons. The van der Waals surface area contributed by atoms with Crippen LogP contribution >= 0.6 is 11.3 Å². The van der Waals surface area contributed by atoms with Crippen molar-refractivity contribution in [1.82, 2.24) is 0 Å². The number of hydrogen-bond acceptors (Lipinski definition) is 4. The van der Waals surface area contributed by atoms with Gasteiger partial charge in [0.1, 0.15) is 0 Å². The maximum atomic E-state index is 12.0. The van der Waals surface area contributed by atoms with Crippen LogP contribution in [-0.2, 0) is 4.79 Å². The zero-order valence-electron chi connectivity index (χ0n) is 10.8. The average Bonchev–Trinajstić information content (AvgIpc) is 2.91. The van der Waals surface area contributed by atoms with Gasteiger partial charge in [-0.25, -0.2) is 0 Å². The van der Waals surface area contributed by atoms with E-state index >= 15 is 0 Å². The van der Waals surface area contributed by atoms with Crippen molar-refractivity contribution in [3.63, 3.8) is 0 Å². The topological polar surface area (TPSA) is 57.2 Å². The summed E-state index contributed by atoms with van der Waals surface area (Å²) >= 11 is 1.39. The van der Waals surface area contributed by atoms with Crippen LogP contribution in [-0.4, -0.2) is 11.8 Å². The number of rotatable bonds is 4. The van der Waals surface area contributed by atoms with E-state index in [-0.39, 0.29) is 35.3 Å². The Balaban J connectivity index is 0.00000180. The van der Waals surface area contributed by atoms with Gasteiger partial charge in [-0.15, -0.1) is 11.3 Å². The Morgan fingerprint density at radius 2 is 1.79 bits per heavy atom. The summed E-state index contributed by atoms with van der Waals surface area (Å²) in [7, 11) is 0. The van der Waals surface area contributed by atoms with Gasteiger partial charge in [0.2, 0.25) is 5.78 Å². The normalized spacial score (nSPS) is 11.4. The van der Waals surface area contributed by atoms with Crippen molar-refractivity contribution in [3.8, 4) is 0 Å². The number of aliphatic carboxylic acids is 1. The molecule has 0 bridgehead atoms. The standard InChI is InChI=1S/C14H12O3S.Na/c1-9(14(16)17)10-4-6-11(7-5-10)13(15)12-3-2-8-18-12;/h2-9H,1H3,(H,16,17);/q;+1/p-1. The summed E-state index contributed by atoms with van der Waals surface area (Å²) in [5.74, 6) is -1.83. The Morgan fingerprint density at radius 1 is 1.16 bits per heavy atom. The Kier molecular flexibility index (Phi) is 5.94. The fraction of sp³-hybridized carbons (Fsp3) is 0.143. The van der Waals surface area contributed by atoms with Crippen LogP contribution in [0.25, 0.3) is 0 Å². The van der Waals surface area contributed by atoms with Crippen LogP contribution in [0.15, 0.2) is 41.8 Å². The van der Waals surface area contributed by atoms with Crippen LogP contribution in [0.2, 0.25) is 0 Å². The first-order valence-electron chi connectivity index (χ1n) is 5.48. The van der Waals surface area contributed by atoms with Gasteiger partial charge in [0.05, 0.1) is 4.88 Å². The van der Waals surface area contributed by atoms with E-state index in [2.05, 4.69) is 0 Å². The monoisotopic (exact) mass is 282 g/mol. The van der Waals surface area contributed by atoms with Crippen LogP contribution in [0.3, 0.4) is 0 Å². The van der Waals surface area contributed by atoms with E-state index in [0.29, 0.717) is 16.0 Å². The molecule has 0 N–H and O–H groups in total. The van der Waals surface area contributed by atoms with Crippen LogP contribution in [0.4, 0.5) is 0 Å². The van der Waals surface area contributed by atoms with Gasteiger partial charge in [-0.05, 0) is 17.0 Å². The summed E-state index contributed by atoms with van der Waals surface area (Å²) in [5.41, 5.74) is 1.20. The molecule has 0 saturated heterocycles. The second-order valence-electron chi connectivity index (χ2n) is 3.97. The first-order chi connectivity index (χ1) is 8.59. The molecule has 1 heterocycles. The van der Waals surface area contributed by atoms with Crippen molar-refractivity contribution in [2.75, 3.05) is 0 Å². The number of carbonyl (C=O) groups is 2. The maximum Gasteiger partial charge on any atom is 1.00 e. The molecule has 0 aliphatic carbocycles. The summed E-state index contributed by atoms with van der Waals surface area (Å²) < 4.78 is 0. The molecule has 0 aliphatic rings. The van der Waals surface area contributed by atoms with E-state index in [1.165, 1.54) is 11.3 Å². The van der Waals surface area contributed by atoms with Gasteiger partial charge in [-0.1, -0.05) is 37.3 Å². The molecule has 0 fully saturated rings. The predicted molar refractivity (Wildman–Crippen MR) is 67.6 cm³/mol. The van der Waals surface area contributed by atoms with Gasteiger partial charge in [0.15, 0.2) is 0 Å². The molecule has 0 aliphatic heterocycles. The number of carboxylic acids is 1. The quantitative estimate of drug-likeness (QED) is 0.525. The van der Waals surface area contributed by atoms with Gasteiger partial charge in [-0.3, -0.25) is 4.79 Å². The number of carbonyl (C=O) groups excluding carboxylic acids is 2. The Morgan fingerprint density at radius 3 is 2.26 bits per heavy atom. The van der Waals surface area contributed by atoms with Crippen LogP contribution in [0.1, 0.15) is 33.6 Å². The summed E-state index contributed by atoms with van der Waals surface area (Å²) in [6.45, 7) is 1.56. The van der Waals surface area contributed by atoms with Gasteiger partial charge >= 0.3 is 29.6 Å². The summed E-state index contributed by atoms with van der Waals surface area (Å²) in [6, 6.07) is 10.2. The van der Waals surface area contributed by atoms with Crippen molar-refractivity contribution in [2.45, 2.75) is 12.8 Å². The molecule has 2 rings (SSSR count). The molecule has 19 heavy (non-hydrogen) atoms. The Hall–Kier alpha value is -0.940. The fourth-order valence-electron chi connectivity index (χ4n) is 1.61. The van der Waals surface area contributed by atoms with E-state index < -0.39 is 11.9 Å². The Bertz CT molecular complexity index is 561. The van der Waals surface area contributed by atoms with E-state index in [1.807, 2.05) is 11.4 Å². The predicted octanol–water partition coefficient (Wildman–Crippen LogP) is -1.16. The number of hydrogen-bond donors (Lipinski definition) is 0. The first-order valence-corrected chi connectivity index (χ1v) is 6.36. The molecular weight excluding hydrogens is 271 g/mol. The minimum Gasteiger partial charge on any atom is -0.550 e. The van der Waals surface area contributed by atoms with Crippen LogP contribution < -0.4 is 34.7 Å². The maximum absolute atomic E-state index is 12.0. The molecule has 2 aromatic rings. The summed E-state index contributed by atoms with van der Waals surface area (Å²) in [4.78, 5) is 23.4. The van der Waals surface area contributed by atoms with Crippen molar-refractivity contribution < 1.29 is 44.3 Å². The van der Waals surface area contributed by atoms with Crippen LogP contribution in [0, 0.1) is 0 Å². The molecule has 1 atom stereocenters.